The van der Waals surface area contributed by atoms with Crippen molar-refractivity contribution in [3.63, 3.8) is 0 Å². The lowest BCUT2D eigenvalue weighted by atomic mass is 9.84. The van der Waals surface area contributed by atoms with Gasteiger partial charge >= 0.3 is 0 Å². The highest BCUT2D eigenvalue weighted by molar-refractivity contribution is 5.85. The summed E-state index contributed by atoms with van der Waals surface area (Å²) in [5.74, 6) is 4.02. The fourth-order valence-corrected chi connectivity index (χ4v) is 5.05. The van der Waals surface area contributed by atoms with Gasteiger partial charge in [0.15, 0.2) is 17.6 Å². The van der Waals surface area contributed by atoms with Crippen LogP contribution in [0.25, 0.3) is 5.70 Å². The minimum absolute atomic E-state index is 0.348. The Morgan fingerprint density at radius 2 is 1.65 bits per heavy atom. The van der Waals surface area contributed by atoms with Crippen molar-refractivity contribution in [3.05, 3.63) is 89.3 Å². The van der Waals surface area contributed by atoms with Gasteiger partial charge in [0.05, 0.1) is 34.1 Å². The maximum absolute atomic E-state index is 6.71. The molecule has 3 heterocycles. The van der Waals surface area contributed by atoms with Crippen LogP contribution >= 0.6 is 0 Å². The van der Waals surface area contributed by atoms with E-state index in [1.807, 2.05) is 65.3 Å². The number of ether oxygens (including phenoxy) is 5. The maximum Gasteiger partial charge on any atom is 0.226 e. The van der Waals surface area contributed by atoms with Crippen LogP contribution in [0.3, 0.4) is 0 Å². The zero-order chi connectivity index (χ0) is 25.5. The number of anilines is 1. The highest BCUT2D eigenvalue weighted by Gasteiger charge is 2.42. The Kier molecular flexibility index (Phi) is 5.60. The number of hydrogen-bond donors (Lipinski definition) is 1. The maximum atomic E-state index is 6.71. The molecule has 0 bridgehead atoms. The van der Waals surface area contributed by atoms with Crippen LogP contribution in [0, 0.1) is 0 Å². The molecule has 4 aromatic rings. The van der Waals surface area contributed by atoms with E-state index >= 15 is 0 Å². The van der Waals surface area contributed by atoms with E-state index in [9.17, 15) is 0 Å². The molecule has 0 unspecified atom stereocenters. The Hall–Kier alpha value is -4.66. The van der Waals surface area contributed by atoms with E-state index in [1.54, 1.807) is 34.8 Å². The van der Waals surface area contributed by atoms with Crippen molar-refractivity contribution < 1.29 is 23.7 Å². The summed E-state index contributed by atoms with van der Waals surface area (Å²) in [5, 5.41) is 8.10. The number of nitrogens with one attached hydrogen (secondary N) is 1. The van der Waals surface area contributed by atoms with Gasteiger partial charge in [-0.15, -0.1) is 0 Å². The molecule has 0 saturated carbocycles. The lowest BCUT2D eigenvalue weighted by molar-refractivity contribution is 0.217. The van der Waals surface area contributed by atoms with Gasteiger partial charge in [-0.2, -0.15) is 10.1 Å². The molecule has 2 aliphatic rings. The number of fused-ring (bicyclic) bond motifs is 3. The van der Waals surface area contributed by atoms with E-state index in [-0.39, 0.29) is 6.04 Å². The topological polar surface area (TPSA) is 88.9 Å². The van der Waals surface area contributed by atoms with Crippen LogP contribution in [0.5, 0.6) is 28.7 Å². The minimum atomic E-state index is -0.492. The number of aromatic nitrogens is 3. The minimum Gasteiger partial charge on any atom is -0.497 e. The van der Waals surface area contributed by atoms with Gasteiger partial charge in [0.25, 0.3) is 0 Å². The lowest BCUT2D eigenvalue weighted by Gasteiger charge is -2.39. The molecule has 9 heteroatoms. The van der Waals surface area contributed by atoms with Gasteiger partial charge in [-0.25, -0.2) is 4.68 Å². The molecule has 188 valence electrons. The normalized spacial score (nSPS) is 17.5. The fraction of sp³-hybridized carbons (Fsp3) is 0.214. The van der Waals surface area contributed by atoms with E-state index in [0.29, 0.717) is 28.9 Å². The lowest BCUT2D eigenvalue weighted by Crippen LogP contribution is -2.32. The first-order chi connectivity index (χ1) is 18.2. The number of rotatable bonds is 6. The third kappa shape index (κ3) is 3.62. The Morgan fingerprint density at radius 3 is 2.43 bits per heavy atom. The van der Waals surface area contributed by atoms with Crippen LogP contribution in [0.1, 0.15) is 28.8 Å². The molecule has 0 spiro atoms. The zero-order valence-corrected chi connectivity index (χ0v) is 20.9. The van der Waals surface area contributed by atoms with Crippen LogP contribution in [0.15, 0.2) is 72.6 Å². The summed E-state index contributed by atoms with van der Waals surface area (Å²) < 4.78 is 30.9. The first kappa shape index (κ1) is 22.8. The van der Waals surface area contributed by atoms with E-state index in [4.69, 9.17) is 23.7 Å². The molecule has 0 saturated heterocycles. The second-order valence-corrected chi connectivity index (χ2v) is 8.60. The molecule has 6 rings (SSSR count). The monoisotopic (exact) mass is 498 g/mol. The first-order valence-electron chi connectivity index (χ1n) is 11.8. The molecule has 2 aliphatic heterocycles. The summed E-state index contributed by atoms with van der Waals surface area (Å²) in [6.07, 6.45) is 1.05. The van der Waals surface area contributed by atoms with Crippen molar-refractivity contribution in [2.75, 3.05) is 33.8 Å². The van der Waals surface area contributed by atoms with Crippen LogP contribution < -0.4 is 29.0 Å². The predicted molar refractivity (Wildman–Crippen MR) is 138 cm³/mol. The van der Waals surface area contributed by atoms with Gasteiger partial charge in [-0.3, -0.25) is 0 Å². The van der Waals surface area contributed by atoms with Gasteiger partial charge < -0.3 is 29.0 Å². The van der Waals surface area contributed by atoms with E-state index in [2.05, 4.69) is 15.4 Å². The van der Waals surface area contributed by atoms with E-state index < -0.39 is 6.10 Å². The predicted octanol–water partition coefficient (Wildman–Crippen LogP) is 4.87. The molecule has 37 heavy (non-hydrogen) atoms. The number of para-hydroxylation sites is 1. The van der Waals surface area contributed by atoms with Crippen LogP contribution in [-0.2, 0) is 0 Å². The number of methoxy groups -OCH3 is 4. The summed E-state index contributed by atoms with van der Waals surface area (Å²) in [7, 11) is 6.52. The zero-order valence-electron chi connectivity index (χ0n) is 20.9. The summed E-state index contributed by atoms with van der Waals surface area (Å²) >= 11 is 0. The summed E-state index contributed by atoms with van der Waals surface area (Å²) in [6, 6.07) is 19.2. The van der Waals surface area contributed by atoms with Gasteiger partial charge in [-0.05, 0) is 42.0 Å². The molecule has 9 nitrogen and oxygen atoms in total. The number of nitrogens with zero attached hydrogens (tertiary/aromatic N) is 3. The van der Waals surface area contributed by atoms with Crippen molar-refractivity contribution >= 4 is 11.6 Å². The SMILES string of the molecule is COc1ccc([C@@H]2Oc3ccccc3C3=C2[C@H](c2ccc(OC)c(OC)c2)n2ncnc2N3)c(OC)c1. The molecule has 2 atom stereocenters. The van der Waals surface area contributed by atoms with Crippen molar-refractivity contribution in [2.24, 2.45) is 0 Å². The average molecular weight is 499 g/mol. The first-order valence-corrected chi connectivity index (χ1v) is 11.8. The second-order valence-electron chi connectivity index (χ2n) is 8.60. The number of benzene rings is 3. The second kappa shape index (κ2) is 9.09. The van der Waals surface area contributed by atoms with Gasteiger partial charge in [0.1, 0.15) is 29.6 Å². The summed E-state index contributed by atoms with van der Waals surface area (Å²) in [6.45, 7) is 0. The third-order valence-corrected chi connectivity index (χ3v) is 6.77. The molecule has 1 N–H and O–H groups in total. The molecular formula is C28H26N4O5. The Bertz CT molecular complexity index is 1510. The highest BCUT2D eigenvalue weighted by Crippen LogP contribution is 2.52. The average Bonchev–Trinajstić information content (AvgIpc) is 3.43. The Balaban J connectivity index is 1.62. The van der Waals surface area contributed by atoms with Crippen molar-refractivity contribution in [3.8, 4) is 28.7 Å². The molecule has 0 aliphatic carbocycles. The molecule has 0 amide bonds. The standard InChI is InChI=1S/C28H26N4O5/c1-33-17-10-11-19(22(14-17)35-3)27-24-25(18-7-5-6-8-20(18)37-27)31-28-29-15-30-32(28)26(24)16-9-12-21(34-2)23(13-16)36-4/h5-15,26-27H,1-4H3,(H,29,30,31)/t26-,27-/m0/s1. The van der Waals surface area contributed by atoms with Crippen LogP contribution in [0.2, 0.25) is 0 Å². The Labute approximate surface area is 214 Å². The summed E-state index contributed by atoms with van der Waals surface area (Å²) in [4.78, 5) is 4.50. The molecule has 1 aromatic heterocycles. The van der Waals surface area contributed by atoms with Gasteiger partial charge in [0, 0.05) is 22.8 Å². The van der Waals surface area contributed by atoms with E-state index in [0.717, 1.165) is 33.7 Å². The van der Waals surface area contributed by atoms with Crippen LogP contribution in [0.4, 0.5) is 5.95 Å². The molecule has 0 fully saturated rings. The van der Waals surface area contributed by atoms with Gasteiger partial charge in [0.2, 0.25) is 5.95 Å². The quantitative estimate of drug-likeness (QED) is 0.403. The highest BCUT2D eigenvalue weighted by atomic mass is 16.5. The van der Waals surface area contributed by atoms with Crippen molar-refractivity contribution in [1.29, 1.82) is 0 Å². The summed E-state index contributed by atoms with van der Waals surface area (Å²) in [5.41, 5.74) is 4.64. The molecule has 3 aromatic carbocycles. The number of hydrogen-bond acceptors (Lipinski definition) is 8. The van der Waals surface area contributed by atoms with E-state index in [1.165, 1.54) is 0 Å². The Morgan fingerprint density at radius 1 is 0.838 bits per heavy atom. The third-order valence-electron chi connectivity index (χ3n) is 6.77. The molecular weight excluding hydrogens is 472 g/mol. The van der Waals surface area contributed by atoms with Crippen molar-refractivity contribution in [1.82, 2.24) is 14.8 Å². The van der Waals surface area contributed by atoms with Gasteiger partial charge in [-0.1, -0.05) is 18.2 Å². The van der Waals surface area contributed by atoms with Crippen LogP contribution in [-0.4, -0.2) is 43.2 Å². The largest absolute Gasteiger partial charge is 0.497 e. The smallest absolute Gasteiger partial charge is 0.226 e. The van der Waals surface area contributed by atoms with Crippen molar-refractivity contribution in [2.45, 2.75) is 12.1 Å². The molecule has 0 radical (unpaired) electrons. The fourth-order valence-electron chi connectivity index (χ4n) is 5.05.